The first-order chi connectivity index (χ1) is 36.7. The SMILES string of the molecule is CC(=O)OCc1ccc2c(c1)OC1(CCN(C(=O)c3ccc(S(=O)(=O)C(C)C)cc3)CC1)c1ccc(C#CN)n1-2.CC(C)S(=O)(=O)c1ccc(C(=O)N2CCC3(CC2)Oc2cc(CO)ccc2-n2c(C#CN)ccc23)cc1. The second-order valence-electron chi connectivity index (χ2n) is 20.0. The van der Waals surface area contributed by atoms with E-state index in [1.165, 1.54) is 31.2 Å². The zero-order valence-corrected chi connectivity index (χ0v) is 45.0. The van der Waals surface area contributed by atoms with Gasteiger partial charge in [-0.1, -0.05) is 12.1 Å². The fourth-order valence-electron chi connectivity index (χ4n) is 10.3. The molecule has 400 valence electrons. The number of sulfone groups is 2. The molecule has 0 atom stereocenters. The number of benzene rings is 4. The smallest absolute Gasteiger partial charge is 0.302 e. The number of aliphatic hydroxyl groups excluding tert-OH is 1. The largest absolute Gasteiger partial charge is 0.479 e. The number of rotatable bonds is 9. The van der Waals surface area contributed by atoms with Crippen molar-refractivity contribution >= 4 is 37.5 Å². The van der Waals surface area contributed by atoms with Crippen LogP contribution in [0.5, 0.6) is 11.5 Å². The highest BCUT2D eigenvalue weighted by molar-refractivity contribution is 7.92. The lowest BCUT2D eigenvalue weighted by Crippen LogP contribution is -2.50. The molecule has 4 aliphatic heterocycles. The second kappa shape index (κ2) is 21.2. The number of aliphatic hydroxyl groups is 1. The maximum absolute atomic E-state index is 13.3. The third kappa shape index (κ3) is 10.1. The Hall–Kier alpha value is -7.97. The van der Waals surface area contributed by atoms with E-state index in [4.69, 9.17) is 25.7 Å². The summed E-state index contributed by atoms with van der Waals surface area (Å²) in [4.78, 5) is 41.9. The third-order valence-corrected chi connectivity index (χ3v) is 19.0. The molecule has 10 rings (SSSR count). The fraction of sp³-hybridized carbons (Fsp3) is 0.328. The van der Waals surface area contributed by atoms with Crippen LogP contribution < -0.4 is 20.9 Å². The van der Waals surface area contributed by atoms with Gasteiger partial charge in [0.1, 0.15) is 18.1 Å². The number of nitrogens with zero attached hydrogens (tertiary/aromatic N) is 4. The molecule has 2 fully saturated rings. The van der Waals surface area contributed by atoms with E-state index >= 15 is 0 Å². The average Bonchev–Trinajstić information content (AvgIpc) is 4.07. The van der Waals surface area contributed by atoms with Gasteiger partial charge in [0.05, 0.1) is 61.0 Å². The molecule has 6 heterocycles. The van der Waals surface area contributed by atoms with Gasteiger partial charge in [-0.2, -0.15) is 0 Å². The minimum Gasteiger partial charge on any atom is -0.479 e. The Kier molecular flexibility index (Phi) is 14.8. The molecule has 0 bridgehead atoms. The van der Waals surface area contributed by atoms with Crippen molar-refractivity contribution in [1.29, 1.82) is 0 Å². The summed E-state index contributed by atoms with van der Waals surface area (Å²) in [6, 6.07) is 36.3. The summed E-state index contributed by atoms with van der Waals surface area (Å²) in [5, 5.41) is 8.58. The van der Waals surface area contributed by atoms with E-state index in [0.29, 0.717) is 74.5 Å². The maximum atomic E-state index is 13.3. The number of amides is 2. The molecule has 0 aliphatic carbocycles. The summed E-state index contributed by atoms with van der Waals surface area (Å²) in [5.74, 6) is 6.53. The van der Waals surface area contributed by atoms with Crippen molar-refractivity contribution in [3.63, 3.8) is 0 Å². The lowest BCUT2D eigenvalue weighted by atomic mass is 9.86. The summed E-state index contributed by atoms with van der Waals surface area (Å²) in [6.45, 7) is 9.73. The Morgan fingerprint density at radius 3 is 1.35 bits per heavy atom. The third-order valence-electron chi connectivity index (χ3n) is 14.7. The van der Waals surface area contributed by atoms with Crippen LogP contribution in [0, 0.1) is 23.9 Å². The molecule has 0 saturated carbocycles. The Bertz CT molecular complexity index is 3640. The topological polar surface area (TPSA) is 236 Å². The van der Waals surface area contributed by atoms with Crippen LogP contribution in [0.4, 0.5) is 0 Å². The average molecular weight is 1080 g/mol. The first-order valence-corrected chi connectivity index (χ1v) is 28.4. The maximum Gasteiger partial charge on any atom is 0.302 e. The minimum absolute atomic E-state index is 0.100. The number of hydrogen-bond donors (Lipinski definition) is 3. The number of fused-ring (bicyclic) bond motifs is 8. The lowest BCUT2D eigenvalue weighted by Gasteiger charge is -2.45. The molecular weight excluding hydrogens is 1020 g/mol. The van der Waals surface area contributed by atoms with Gasteiger partial charge in [0.25, 0.3) is 11.8 Å². The molecular formula is C58H60N6O11S2. The van der Waals surface area contributed by atoms with Crippen molar-refractivity contribution in [1.82, 2.24) is 18.9 Å². The van der Waals surface area contributed by atoms with Crippen LogP contribution >= 0.6 is 0 Å². The number of hydrogen-bond acceptors (Lipinski definition) is 13. The van der Waals surface area contributed by atoms with Gasteiger partial charge in [0, 0.05) is 82.0 Å². The van der Waals surface area contributed by atoms with Gasteiger partial charge in [-0.15, -0.1) is 0 Å². The number of esters is 1. The van der Waals surface area contributed by atoms with Gasteiger partial charge in [-0.3, -0.25) is 23.5 Å². The number of nitrogens with two attached hydrogens (primary N) is 2. The first kappa shape index (κ1) is 53.8. The number of ether oxygens (including phenoxy) is 3. The summed E-state index contributed by atoms with van der Waals surface area (Å²) < 4.78 is 72.3. The Balaban J connectivity index is 0.000000188. The van der Waals surface area contributed by atoms with E-state index < -0.39 is 41.4 Å². The van der Waals surface area contributed by atoms with Crippen molar-refractivity contribution in [2.45, 2.75) is 105 Å². The van der Waals surface area contributed by atoms with Crippen molar-refractivity contribution < 1.29 is 50.5 Å². The molecule has 5 N–H and O–H groups in total. The molecule has 17 nitrogen and oxygen atoms in total. The first-order valence-electron chi connectivity index (χ1n) is 25.3. The molecule has 4 aromatic carbocycles. The Morgan fingerprint density at radius 1 is 0.597 bits per heavy atom. The fourth-order valence-corrected chi connectivity index (χ4v) is 12.5. The molecule has 2 amide bonds. The number of aromatic nitrogens is 2. The van der Waals surface area contributed by atoms with E-state index in [-0.39, 0.29) is 40.8 Å². The Labute approximate surface area is 448 Å². The highest BCUT2D eigenvalue weighted by Gasteiger charge is 2.47. The highest BCUT2D eigenvalue weighted by atomic mass is 32.2. The van der Waals surface area contributed by atoms with E-state index in [1.807, 2.05) is 69.8 Å². The van der Waals surface area contributed by atoms with E-state index in [1.54, 1.807) is 61.8 Å². The number of carbonyl (C=O) groups is 3. The second-order valence-corrected chi connectivity index (χ2v) is 25.0. The van der Waals surface area contributed by atoms with Crippen molar-refractivity contribution in [3.8, 4) is 46.8 Å². The quantitative estimate of drug-likeness (QED) is 0.0803. The molecule has 2 aromatic heterocycles. The zero-order valence-electron chi connectivity index (χ0n) is 43.4. The normalized spacial score (nSPS) is 15.7. The molecule has 0 radical (unpaired) electrons. The van der Waals surface area contributed by atoms with E-state index in [2.05, 4.69) is 23.9 Å². The Morgan fingerprint density at radius 2 is 0.987 bits per heavy atom. The monoisotopic (exact) mass is 1080 g/mol. The lowest BCUT2D eigenvalue weighted by molar-refractivity contribution is -0.142. The summed E-state index contributed by atoms with van der Waals surface area (Å²) in [6.07, 6.45) is 2.18. The molecule has 2 spiro atoms. The van der Waals surface area contributed by atoms with Crippen LogP contribution in [0.3, 0.4) is 0 Å². The van der Waals surface area contributed by atoms with Gasteiger partial charge in [-0.25, -0.2) is 16.8 Å². The van der Waals surface area contributed by atoms with Gasteiger partial charge in [0.15, 0.2) is 30.9 Å². The number of likely N-dealkylation sites (tertiary alicyclic amines) is 2. The summed E-state index contributed by atoms with van der Waals surface area (Å²) >= 11 is 0. The molecule has 6 aromatic rings. The standard InChI is InChI=1S/C30H31N3O6S.C28H29N3O5S/c1-20(2)40(36,37)25-8-5-23(6-9-25)29(35)32-16-13-30(14-17-32)28-11-7-24(12-15-31)33(28)26-10-4-22(18-27(26)39-30)19-38-21(3)34;1-19(2)37(34,35)23-7-4-21(5-8-23)27(33)30-15-12-28(13-16-30)26-10-6-22(11-14-29)31(26)24-9-3-20(18-32)17-25(24)36-28/h4-11,18,20H,13-14,16-17,19,31H2,1-3H3;3-10,17,19,32H,12-13,15-16,18,29H2,1-2H3. The number of piperidine rings is 2. The van der Waals surface area contributed by atoms with Crippen LogP contribution in [-0.4, -0.2) is 95.3 Å². The molecule has 2 saturated heterocycles. The molecule has 77 heavy (non-hydrogen) atoms. The van der Waals surface area contributed by atoms with Crippen LogP contribution in [0.25, 0.3) is 11.4 Å². The van der Waals surface area contributed by atoms with Gasteiger partial charge in [0.2, 0.25) is 0 Å². The van der Waals surface area contributed by atoms with Crippen molar-refractivity contribution in [2.75, 3.05) is 26.2 Å². The highest BCUT2D eigenvalue weighted by Crippen LogP contribution is 2.48. The zero-order chi connectivity index (χ0) is 55.0. The van der Waals surface area contributed by atoms with Crippen molar-refractivity contribution in [3.05, 3.63) is 154 Å². The van der Waals surface area contributed by atoms with Crippen molar-refractivity contribution in [2.24, 2.45) is 11.5 Å². The van der Waals surface area contributed by atoms with Crippen LogP contribution in [0.15, 0.2) is 119 Å². The molecule has 4 aliphatic rings. The number of carbonyl (C=O) groups excluding carboxylic acids is 3. The van der Waals surface area contributed by atoms with E-state index in [9.17, 15) is 36.3 Å². The minimum atomic E-state index is -3.41. The van der Waals surface area contributed by atoms with Gasteiger partial charge >= 0.3 is 5.97 Å². The van der Waals surface area contributed by atoms with Crippen LogP contribution in [0.1, 0.15) is 115 Å². The predicted molar refractivity (Wildman–Crippen MR) is 287 cm³/mol. The van der Waals surface area contributed by atoms with Crippen LogP contribution in [0.2, 0.25) is 0 Å². The van der Waals surface area contributed by atoms with Crippen LogP contribution in [-0.2, 0) is 53.6 Å². The predicted octanol–water partition coefficient (Wildman–Crippen LogP) is 6.46. The molecule has 0 unspecified atom stereocenters. The summed E-state index contributed by atoms with van der Waals surface area (Å²) in [5.41, 5.74) is 17.1. The van der Waals surface area contributed by atoms with E-state index in [0.717, 1.165) is 45.3 Å². The van der Waals surface area contributed by atoms with Gasteiger partial charge in [-0.05, 0) is 148 Å². The molecule has 19 heteroatoms. The summed E-state index contributed by atoms with van der Waals surface area (Å²) in [7, 11) is -6.81. The van der Waals surface area contributed by atoms with Gasteiger partial charge < -0.3 is 40.6 Å².